The van der Waals surface area contributed by atoms with E-state index in [0.717, 1.165) is 0 Å². The van der Waals surface area contributed by atoms with Crippen LogP contribution in [0.1, 0.15) is 10.4 Å². The van der Waals surface area contributed by atoms with E-state index in [1.54, 1.807) is 24.3 Å². The summed E-state index contributed by atoms with van der Waals surface area (Å²) in [6.07, 6.45) is 1.45. The van der Waals surface area contributed by atoms with Crippen molar-refractivity contribution < 1.29 is 24.5 Å². The molecule has 0 aliphatic rings. The summed E-state index contributed by atoms with van der Waals surface area (Å²) in [5, 5.41) is 26.0. The van der Waals surface area contributed by atoms with Crippen LogP contribution in [0.15, 0.2) is 48.7 Å². The van der Waals surface area contributed by atoms with E-state index in [0.29, 0.717) is 28.3 Å². The van der Waals surface area contributed by atoms with Gasteiger partial charge >= 0.3 is 5.97 Å². The van der Waals surface area contributed by atoms with Gasteiger partial charge in [-0.05, 0) is 30.3 Å². The van der Waals surface area contributed by atoms with Crippen LogP contribution >= 0.6 is 0 Å². The molecule has 122 valence electrons. The predicted molar refractivity (Wildman–Crippen MR) is 85.2 cm³/mol. The summed E-state index contributed by atoms with van der Waals surface area (Å²) in [5.74, 6) is 0.136. The van der Waals surface area contributed by atoms with E-state index in [9.17, 15) is 15.0 Å². The highest BCUT2D eigenvalue weighted by atomic mass is 16.5. The number of benzene rings is 2. The number of aromatic nitrogens is 2. The van der Waals surface area contributed by atoms with Crippen LogP contribution in [0.5, 0.6) is 23.0 Å². The molecule has 3 aromatic rings. The lowest BCUT2D eigenvalue weighted by Crippen LogP contribution is -2.00. The van der Waals surface area contributed by atoms with Gasteiger partial charge in [-0.25, -0.2) is 4.79 Å². The molecule has 7 nitrogen and oxygen atoms in total. The standard InChI is InChI=1S/C17H14N2O5/c1-23-17(22)10-3-2-4-12(7-10)24-15-9-18-19-16(15)13-6-5-11(20)8-14(13)21/h2-9,20-21H,1H3,(H,18,19). The number of hydrogen-bond acceptors (Lipinski definition) is 6. The maximum absolute atomic E-state index is 11.6. The van der Waals surface area contributed by atoms with Crippen molar-refractivity contribution in [1.82, 2.24) is 10.2 Å². The van der Waals surface area contributed by atoms with E-state index in [4.69, 9.17) is 4.74 Å². The predicted octanol–water partition coefficient (Wildman–Crippen LogP) is 3.07. The van der Waals surface area contributed by atoms with Gasteiger partial charge in [0.1, 0.15) is 22.9 Å². The van der Waals surface area contributed by atoms with Crippen molar-refractivity contribution in [1.29, 1.82) is 0 Å². The molecule has 1 aromatic heterocycles. The molecule has 0 fully saturated rings. The second kappa shape index (κ2) is 6.33. The zero-order valence-corrected chi connectivity index (χ0v) is 12.7. The van der Waals surface area contributed by atoms with Gasteiger partial charge in [0.05, 0.1) is 18.9 Å². The highest BCUT2D eigenvalue weighted by molar-refractivity contribution is 5.89. The number of rotatable bonds is 4. The molecule has 2 aromatic carbocycles. The van der Waals surface area contributed by atoms with Gasteiger partial charge in [-0.1, -0.05) is 6.07 Å². The Hall–Kier alpha value is -3.48. The van der Waals surface area contributed by atoms with Crippen LogP contribution in [-0.4, -0.2) is 33.5 Å². The molecular weight excluding hydrogens is 312 g/mol. The van der Waals surface area contributed by atoms with Crippen LogP contribution in [0.3, 0.4) is 0 Å². The number of methoxy groups -OCH3 is 1. The summed E-state index contributed by atoms with van der Waals surface area (Å²) in [4.78, 5) is 11.6. The second-order valence-corrected chi connectivity index (χ2v) is 4.93. The molecule has 0 spiro atoms. The van der Waals surface area contributed by atoms with Crippen molar-refractivity contribution in [2.45, 2.75) is 0 Å². The van der Waals surface area contributed by atoms with Crippen LogP contribution in [0, 0.1) is 0 Å². The number of aromatic hydroxyl groups is 2. The van der Waals surface area contributed by atoms with Gasteiger partial charge in [-0.2, -0.15) is 5.10 Å². The molecular formula is C17H14N2O5. The van der Waals surface area contributed by atoms with Gasteiger partial charge in [0.15, 0.2) is 5.75 Å². The summed E-state index contributed by atoms with van der Waals surface area (Å²) in [6.45, 7) is 0. The van der Waals surface area contributed by atoms with Gasteiger partial charge in [-0.3, -0.25) is 5.10 Å². The average Bonchev–Trinajstić information content (AvgIpc) is 3.02. The third-order valence-corrected chi connectivity index (χ3v) is 3.34. The molecule has 0 radical (unpaired) electrons. The number of carbonyl (C=O) groups excluding carboxylic acids is 1. The van der Waals surface area contributed by atoms with E-state index in [2.05, 4.69) is 14.9 Å². The highest BCUT2D eigenvalue weighted by Crippen LogP contribution is 2.37. The molecule has 0 aliphatic carbocycles. The van der Waals surface area contributed by atoms with Crippen molar-refractivity contribution in [2.75, 3.05) is 7.11 Å². The van der Waals surface area contributed by atoms with E-state index in [1.165, 1.54) is 31.5 Å². The Kier molecular flexibility index (Phi) is 4.07. The van der Waals surface area contributed by atoms with E-state index in [-0.39, 0.29) is 11.5 Å². The Morgan fingerprint density at radius 1 is 1.17 bits per heavy atom. The first-order valence-electron chi connectivity index (χ1n) is 7.00. The monoisotopic (exact) mass is 326 g/mol. The fourth-order valence-electron chi connectivity index (χ4n) is 2.21. The molecule has 24 heavy (non-hydrogen) atoms. The number of nitrogens with zero attached hydrogens (tertiary/aromatic N) is 1. The third-order valence-electron chi connectivity index (χ3n) is 3.34. The Morgan fingerprint density at radius 2 is 2.00 bits per heavy atom. The number of esters is 1. The largest absolute Gasteiger partial charge is 0.508 e. The number of H-pyrrole nitrogens is 1. The van der Waals surface area contributed by atoms with E-state index in [1.807, 2.05) is 0 Å². The van der Waals surface area contributed by atoms with Crippen molar-refractivity contribution >= 4 is 5.97 Å². The fourth-order valence-corrected chi connectivity index (χ4v) is 2.21. The SMILES string of the molecule is COC(=O)c1cccc(Oc2cn[nH]c2-c2ccc(O)cc2O)c1. The summed E-state index contributed by atoms with van der Waals surface area (Å²) in [6, 6.07) is 10.7. The zero-order chi connectivity index (χ0) is 17.1. The molecule has 0 saturated heterocycles. The van der Waals surface area contributed by atoms with E-state index >= 15 is 0 Å². The summed E-state index contributed by atoms with van der Waals surface area (Å²) < 4.78 is 10.4. The fraction of sp³-hybridized carbons (Fsp3) is 0.0588. The van der Waals surface area contributed by atoms with Gasteiger partial charge in [-0.15, -0.1) is 0 Å². The first kappa shape index (κ1) is 15.4. The van der Waals surface area contributed by atoms with Gasteiger partial charge < -0.3 is 19.7 Å². The Labute approximate surface area is 137 Å². The summed E-state index contributed by atoms with van der Waals surface area (Å²) in [7, 11) is 1.30. The lowest BCUT2D eigenvalue weighted by Gasteiger charge is -2.09. The average molecular weight is 326 g/mol. The maximum Gasteiger partial charge on any atom is 0.337 e. The van der Waals surface area contributed by atoms with Crippen LogP contribution in [-0.2, 0) is 4.74 Å². The maximum atomic E-state index is 11.6. The van der Waals surface area contributed by atoms with Crippen molar-refractivity contribution in [3.05, 3.63) is 54.2 Å². The van der Waals surface area contributed by atoms with Crippen LogP contribution < -0.4 is 4.74 Å². The van der Waals surface area contributed by atoms with Crippen LogP contribution in [0.4, 0.5) is 0 Å². The van der Waals surface area contributed by atoms with Gasteiger partial charge in [0.25, 0.3) is 0 Å². The number of phenolic OH excluding ortho intramolecular Hbond substituents is 2. The number of phenols is 2. The lowest BCUT2D eigenvalue weighted by molar-refractivity contribution is 0.0600. The van der Waals surface area contributed by atoms with Crippen molar-refractivity contribution in [3.8, 4) is 34.3 Å². The quantitative estimate of drug-likeness (QED) is 0.636. The molecule has 0 saturated carbocycles. The molecule has 0 bridgehead atoms. The Balaban J connectivity index is 1.93. The number of hydrogen-bond donors (Lipinski definition) is 3. The van der Waals surface area contributed by atoms with Crippen molar-refractivity contribution in [3.63, 3.8) is 0 Å². The minimum atomic E-state index is -0.468. The zero-order valence-electron chi connectivity index (χ0n) is 12.7. The summed E-state index contributed by atoms with van der Waals surface area (Å²) >= 11 is 0. The number of carbonyl (C=O) groups is 1. The van der Waals surface area contributed by atoms with Crippen molar-refractivity contribution in [2.24, 2.45) is 0 Å². The Morgan fingerprint density at radius 3 is 2.75 bits per heavy atom. The van der Waals surface area contributed by atoms with Gasteiger partial charge in [0, 0.05) is 11.6 Å². The third kappa shape index (κ3) is 3.00. The normalized spacial score (nSPS) is 10.4. The molecule has 0 amide bonds. The smallest absolute Gasteiger partial charge is 0.337 e. The lowest BCUT2D eigenvalue weighted by atomic mass is 10.1. The molecule has 3 N–H and O–H groups in total. The van der Waals surface area contributed by atoms with Gasteiger partial charge in [0.2, 0.25) is 0 Å². The van der Waals surface area contributed by atoms with Crippen LogP contribution in [0.2, 0.25) is 0 Å². The number of aromatic amines is 1. The molecule has 7 heteroatoms. The minimum absolute atomic E-state index is 0.0518. The minimum Gasteiger partial charge on any atom is -0.508 e. The topological polar surface area (TPSA) is 105 Å². The van der Waals surface area contributed by atoms with E-state index < -0.39 is 5.97 Å². The summed E-state index contributed by atoms with van der Waals surface area (Å²) in [5.41, 5.74) is 1.22. The second-order valence-electron chi connectivity index (χ2n) is 4.93. The molecule has 0 unspecified atom stereocenters. The number of nitrogens with one attached hydrogen (secondary N) is 1. The Bertz CT molecular complexity index is 888. The molecule has 3 rings (SSSR count). The number of ether oxygens (including phenoxy) is 2. The molecule has 1 heterocycles. The first-order chi connectivity index (χ1) is 11.6. The first-order valence-corrected chi connectivity index (χ1v) is 7.00. The highest BCUT2D eigenvalue weighted by Gasteiger charge is 2.15. The molecule has 0 aliphatic heterocycles. The van der Waals surface area contributed by atoms with Crippen LogP contribution in [0.25, 0.3) is 11.3 Å². The molecule has 0 atom stereocenters.